The first kappa shape index (κ1) is 19.3. The number of anilines is 1. The second-order valence-corrected chi connectivity index (χ2v) is 6.92. The minimum Gasteiger partial charge on any atom is -0.318 e. The van der Waals surface area contributed by atoms with E-state index in [2.05, 4.69) is 20.8 Å². The number of benzene rings is 2. The summed E-state index contributed by atoms with van der Waals surface area (Å²) in [6.45, 7) is 1.79. The van der Waals surface area contributed by atoms with Crippen LogP contribution in [0.15, 0.2) is 71.8 Å². The molecule has 0 aliphatic carbocycles. The SMILES string of the molecule is Cc1c(NC(=O)C(Cc2ccccc2)n2cnnn2)c(=O)n(-c2ccccc2)n1C. The predicted octanol–water partition coefficient (Wildman–Crippen LogP) is 1.89. The van der Waals surface area contributed by atoms with Gasteiger partial charge < -0.3 is 5.32 Å². The van der Waals surface area contributed by atoms with Crippen molar-refractivity contribution in [1.29, 1.82) is 0 Å². The van der Waals surface area contributed by atoms with E-state index in [0.717, 1.165) is 11.3 Å². The van der Waals surface area contributed by atoms with Gasteiger partial charge in [0.2, 0.25) is 5.91 Å². The molecule has 4 aromatic rings. The highest BCUT2D eigenvalue weighted by atomic mass is 16.2. The van der Waals surface area contributed by atoms with Crippen molar-refractivity contribution in [3.05, 3.63) is 88.6 Å². The highest BCUT2D eigenvalue weighted by Gasteiger charge is 2.26. The van der Waals surface area contributed by atoms with Crippen LogP contribution in [0.2, 0.25) is 0 Å². The third kappa shape index (κ3) is 3.64. The fourth-order valence-corrected chi connectivity index (χ4v) is 3.37. The van der Waals surface area contributed by atoms with Gasteiger partial charge in [-0.05, 0) is 35.0 Å². The highest BCUT2D eigenvalue weighted by Crippen LogP contribution is 2.18. The van der Waals surface area contributed by atoms with E-state index >= 15 is 0 Å². The molecule has 0 saturated heterocycles. The van der Waals surface area contributed by atoms with Crippen molar-refractivity contribution in [2.24, 2.45) is 7.05 Å². The zero-order valence-electron chi connectivity index (χ0n) is 16.6. The largest absolute Gasteiger partial charge is 0.318 e. The Bertz CT molecular complexity index is 1200. The second kappa shape index (κ2) is 8.16. The van der Waals surface area contributed by atoms with Gasteiger partial charge in [-0.2, -0.15) is 0 Å². The van der Waals surface area contributed by atoms with Crippen LogP contribution >= 0.6 is 0 Å². The minimum absolute atomic E-state index is 0.234. The number of hydrogen-bond donors (Lipinski definition) is 1. The summed E-state index contributed by atoms with van der Waals surface area (Å²) in [6, 6.07) is 18.2. The van der Waals surface area contributed by atoms with Crippen molar-refractivity contribution in [1.82, 2.24) is 29.6 Å². The van der Waals surface area contributed by atoms with Gasteiger partial charge in [-0.1, -0.05) is 48.5 Å². The Balaban J connectivity index is 1.67. The number of carbonyl (C=O) groups is 1. The molecular formula is C21H21N7O2. The van der Waals surface area contributed by atoms with Gasteiger partial charge in [-0.15, -0.1) is 5.10 Å². The molecule has 0 spiro atoms. The fourth-order valence-electron chi connectivity index (χ4n) is 3.37. The molecule has 0 aliphatic heterocycles. The Morgan fingerprint density at radius 1 is 1.07 bits per heavy atom. The number of para-hydroxylation sites is 1. The molecule has 0 bridgehead atoms. The first-order valence-corrected chi connectivity index (χ1v) is 9.47. The van der Waals surface area contributed by atoms with Crippen molar-refractivity contribution in [3.63, 3.8) is 0 Å². The van der Waals surface area contributed by atoms with Crippen LogP contribution in [-0.4, -0.2) is 35.5 Å². The Kier molecular flexibility index (Phi) is 5.25. The van der Waals surface area contributed by atoms with E-state index in [4.69, 9.17) is 0 Å². The quantitative estimate of drug-likeness (QED) is 0.530. The van der Waals surface area contributed by atoms with Crippen LogP contribution in [0.3, 0.4) is 0 Å². The van der Waals surface area contributed by atoms with E-state index in [1.807, 2.05) is 60.7 Å². The summed E-state index contributed by atoms with van der Waals surface area (Å²) >= 11 is 0. The minimum atomic E-state index is -0.702. The molecule has 0 radical (unpaired) electrons. The molecule has 4 rings (SSSR count). The molecule has 0 aliphatic rings. The first-order chi connectivity index (χ1) is 14.6. The molecule has 1 atom stereocenters. The summed E-state index contributed by atoms with van der Waals surface area (Å²) in [7, 11) is 1.78. The molecule has 2 aromatic heterocycles. The van der Waals surface area contributed by atoms with E-state index in [-0.39, 0.29) is 17.2 Å². The van der Waals surface area contributed by atoms with Gasteiger partial charge in [0.25, 0.3) is 5.56 Å². The Morgan fingerprint density at radius 2 is 1.73 bits per heavy atom. The molecule has 1 unspecified atom stereocenters. The third-order valence-electron chi connectivity index (χ3n) is 5.06. The molecule has 1 amide bonds. The van der Waals surface area contributed by atoms with E-state index in [1.165, 1.54) is 15.7 Å². The molecule has 0 fully saturated rings. The smallest absolute Gasteiger partial charge is 0.295 e. The topological polar surface area (TPSA) is 99.6 Å². The fraction of sp³-hybridized carbons (Fsp3) is 0.190. The number of carbonyl (C=O) groups excluding carboxylic acids is 1. The lowest BCUT2D eigenvalue weighted by molar-refractivity contribution is -0.119. The van der Waals surface area contributed by atoms with Crippen LogP contribution in [-0.2, 0) is 18.3 Å². The van der Waals surface area contributed by atoms with Crippen LogP contribution in [0.25, 0.3) is 5.69 Å². The molecule has 2 heterocycles. The predicted molar refractivity (Wildman–Crippen MR) is 111 cm³/mol. The molecule has 9 nitrogen and oxygen atoms in total. The first-order valence-electron chi connectivity index (χ1n) is 9.47. The summed E-state index contributed by atoms with van der Waals surface area (Å²) < 4.78 is 4.64. The lowest BCUT2D eigenvalue weighted by Gasteiger charge is -2.16. The standard InChI is InChI=1S/C21H21N7O2/c1-15-19(21(30)28(26(15)2)17-11-7-4-8-12-17)23-20(29)18(27-14-22-24-25-27)13-16-9-5-3-6-10-16/h3-12,14,18H,13H2,1-2H3,(H,23,29). The lowest BCUT2D eigenvalue weighted by atomic mass is 10.1. The van der Waals surface area contributed by atoms with Crippen molar-refractivity contribution < 1.29 is 4.79 Å². The van der Waals surface area contributed by atoms with Gasteiger partial charge in [-0.3, -0.25) is 14.3 Å². The third-order valence-corrected chi connectivity index (χ3v) is 5.06. The average molecular weight is 403 g/mol. The van der Waals surface area contributed by atoms with E-state index in [1.54, 1.807) is 18.7 Å². The number of tetrazole rings is 1. The van der Waals surface area contributed by atoms with Gasteiger partial charge in [0.05, 0.1) is 11.4 Å². The summed E-state index contributed by atoms with van der Waals surface area (Å²) in [5.41, 5.74) is 2.25. The van der Waals surface area contributed by atoms with Crippen LogP contribution in [0.1, 0.15) is 17.3 Å². The highest BCUT2D eigenvalue weighted by molar-refractivity contribution is 5.94. The van der Waals surface area contributed by atoms with Gasteiger partial charge in [0.15, 0.2) is 0 Å². The summed E-state index contributed by atoms with van der Waals surface area (Å²) in [5.74, 6) is -0.364. The number of nitrogens with zero attached hydrogens (tertiary/aromatic N) is 6. The van der Waals surface area contributed by atoms with Gasteiger partial charge >= 0.3 is 0 Å². The van der Waals surface area contributed by atoms with Crippen molar-refractivity contribution in [3.8, 4) is 5.69 Å². The van der Waals surface area contributed by atoms with E-state index in [9.17, 15) is 9.59 Å². The normalized spacial score (nSPS) is 11.9. The van der Waals surface area contributed by atoms with Gasteiger partial charge in [-0.25, -0.2) is 9.36 Å². The van der Waals surface area contributed by atoms with Crippen molar-refractivity contribution in [2.75, 3.05) is 5.32 Å². The molecular weight excluding hydrogens is 382 g/mol. The van der Waals surface area contributed by atoms with Gasteiger partial charge in [0.1, 0.15) is 18.1 Å². The number of aromatic nitrogens is 6. The molecule has 1 N–H and O–H groups in total. The second-order valence-electron chi connectivity index (χ2n) is 6.92. The van der Waals surface area contributed by atoms with Crippen molar-refractivity contribution in [2.45, 2.75) is 19.4 Å². The molecule has 0 saturated carbocycles. The number of hydrogen-bond acceptors (Lipinski definition) is 5. The number of nitrogens with one attached hydrogen (secondary N) is 1. The number of amides is 1. The Morgan fingerprint density at radius 3 is 2.37 bits per heavy atom. The zero-order valence-corrected chi connectivity index (χ0v) is 16.6. The summed E-state index contributed by atoms with van der Waals surface area (Å²) in [6.07, 6.45) is 1.78. The summed E-state index contributed by atoms with van der Waals surface area (Å²) in [4.78, 5) is 26.3. The maximum absolute atomic E-state index is 13.2. The van der Waals surface area contributed by atoms with E-state index < -0.39 is 6.04 Å². The Labute approximate surface area is 172 Å². The number of rotatable bonds is 6. The lowest BCUT2D eigenvalue weighted by Crippen LogP contribution is -2.30. The van der Waals surface area contributed by atoms with Gasteiger partial charge in [0, 0.05) is 13.5 Å². The Hall–Kier alpha value is -4.01. The van der Waals surface area contributed by atoms with E-state index in [0.29, 0.717) is 12.1 Å². The average Bonchev–Trinajstić information content (AvgIpc) is 3.37. The maximum Gasteiger partial charge on any atom is 0.295 e. The molecule has 30 heavy (non-hydrogen) atoms. The monoisotopic (exact) mass is 403 g/mol. The van der Waals surface area contributed by atoms with Crippen LogP contribution < -0.4 is 10.9 Å². The summed E-state index contributed by atoms with van der Waals surface area (Å²) in [5, 5.41) is 14.0. The van der Waals surface area contributed by atoms with Crippen molar-refractivity contribution >= 4 is 11.6 Å². The van der Waals surface area contributed by atoms with Crippen LogP contribution in [0.4, 0.5) is 5.69 Å². The molecule has 9 heteroatoms. The zero-order chi connectivity index (χ0) is 21.1. The van der Waals surface area contributed by atoms with Crippen LogP contribution in [0, 0.1) is 6.92 Å². The maximum atomic E-state index is 13.2. The van der Waals surface area contributed by atoms with Crippen LogP contribution in [0.5, 0.6) is 0 Å². The molecule has 152 valence electrons. The molecule has 2 aromatic carbocycles.